The summed E-state index contributed by atoms with van der Waals surface area (Å²) in [5.74, 6) is 0.971. The molecule has 0 aliphatic heterocycles. The summed E-state index contributed by atoms with van der Waals surface area (Å²) in [5, 5.41) is 0. The highest BCUT2D eigenvalue weighted by Crippen LogP contribution is 2.16. The maximum absolute atomic E-state index is 5.80. The van der Waals surface area contributed by atoms with Gasteiger partial charge < -0.3 is 10.6 Å². The van der Waals surface area contributed by atoms with Crippen LogP contribution in [0.1, 0.15) is 18.1 Å². The van der Waals surface area contributed by atoms with Gasteiger partial charge in [0.15, 0.2) is 0 Å². The van der Waals surface area contributed by atoms with Crippen LogP contribution < -0.4 is 10.6 Å². The molecule has 0 radical (unpaired) electrons. The van der Waals surface area contributed by atoms with Crippen LogP contribution in [-0.4, -0.2) is 18.1 Å². The van der Waals surface area contributed by atoms with E-state index in [1.807, 2.05) is 25.3 Å². The zero-order valence-electron chi connectivity index (χ0n) is 11.9. The molecule has 106 valence electrons. The third kappa shape index (κ3) is 4.32. The Bertz CT molecular complexity index is 552. The summed E-state index contributed by atoms with van der Waals surface area (Å²) >= 11 is 3.49. The number of aromatic nitrogens is 1. The number of rotatable bonds is 5. The first-order valence-electron chi connectivity index (χ1n) is 6.70. The van der Waals surface area contributed by atoms with E-state index >= 15 is 0 Å². The monoisotopic (exact) mass is 333 g/mol. The molecule has 20 heavy (non-hydrogen) atoms. The molecule has 1 unspecified atom stereocenters. The highest BCUT2D eigenvalue weighted by Gasteiger charge is 2.05. The lowest BCUT2D eigenvalue weighted by Crippen LogP contribution is -2.19. The summed E-state index contributed by atoms with van der Waals surface area (Å²) in [6.07, 6.45) is 2.78. The summed E-state index contributed by atoms with van der Waals surface area (Å²) in [4.78, 5) is 6.65. The Kier molecular flexibility index (Phi) is 5.15. The van der Waals surface area contributed by atoms with E-state index in [0.717, 1.165) is 23.3 Å². The average Bonchev–Trinajstić information content (AvgIpc) is 2.38. The lowest BCUT2D eigenvalue weighted by Gasteiger charge is -2.18. The Hall–Kier alpha value is -1.39. The van der Waals surface area contributed by atoms with Crippen molar-refractivity contribution in [2.24, 2.45) is 5.73 Å². The number of anilines is 1. The van der Waals surface area contributed by atoms with E-state index in [4.69, 9.17) is 5.73 Å². The van der Waals surface area contributed by atoms with Gasteiger partial charge in [-0.05, 0) is 42.7 Å². The molecule has 3 nitrogen and oxygen atoms in total. The maximum atomic E-state index is 5.80. The Morgan fingerprint density at radius 2 is 2.05 bits per heavy atom. The van der Waals surface area contributed by atoms with Crippen molar-refractivity contribution >= 4 is 21.7 Å². The van der Waals surface area contributed by atoms with Crippen LogP contribution in [-0.2, 0) is 13.0 Å². The Balaban J connectivity index is 2.03. The van der Waals surface area contributed by atoms with Crippen LogP contribution in [0.3, 0.4) is 0 Å². The third-order valence-electron chi connectivity index (χ3n) is 3.07. The maximum Gasteiger partial charge on any atom is 0.128 e. The van der Waals surface area contributed by atoms with Gasteiger partial charge in [-0.2, -0.15) is 0 Å². The van der Waals surface area contributed by atoms with Crippen LogP contribution in [0.15, 0.2) is 47.1 Å². The van der Waals surface area contributed by atoms with E-state index in [2.05, 4.69) is 57.1 Å². The molecule has 0 aliphatic rings. The Labute approximate surface area is 129 Å². The van der Waals surface area contributed by atoms with Gasteiger partial charge in [0, 0.05) is 30.3 Å². The van der Waals surface area contributed by atoms with Gasteiger partial charge in [-0.1, -0.05) is 34.1 Å². The number of hydrogen-bond donors (Lipinski definition) is 1. The zero-order chi connectivity index (χ0) is 14.5. The molecule has 2 N–H and O–H groups in total. The summed E-state index contributed by atoms with van der Waals surface area (Å²) in [7, 11) is 2.05. The third-order valence-corrected chi connectivity index (χ3v) is 3.56. The fourth-order valence-electron chi connectivity index (χ4n) is 2.13. The van der Waals surface area contributed by atoms with Crippen LogP contribution >= 0.6 is 15.9 Å². The molecule has 2 rings (SSSR count). The molecule has 0 amide bonds. The Morgan fingerprint density at radius 1 is 1.25 bits per heavy atom. The largest absolute Gasteiger partial charge is 0.355 e. The SMILES string of the molecule is CC(N)Cc1ccc(N(C)Cc2cccc(Br)c2)nc1. The van der Waals surface area contributed by atoms with Crippen molar-refractivity contribution in [3.63, 3.8) is 0 Å². The molecule has 4 heteroatoms. The van der Waals surface area contributed by atoms with E-state index in [9.17, 15) is 0 Å². The van der Waals surface area contributed by atoms with Crippen molar-refractivity contribution in [2.75, 3.05) is 11.9 Å². The minimum absolute atomic E-state index is 0.169. The zero-order valence-corrected chi connectivity index (χ0v) is 13.5. The molecule has 0 spiro atoms. The predicted molar refractivity (Wildman–Crippen MR) is 87.8 cm³/mol. The molecule has 1 aromatic carbocycles. The Morgan fingerprint density at radius 3 is 2.65 bits per heavy atom. The number of halogens is 1. The second kappa shape index (κ2) is 6.86. The number of pyridine rings is 1. The van der Waals surface area contributed by atoms with Gasteiger partial charge in [-0.15, -0.1) is 0 Å². The van der Waals surface area contributed by atoms with E-state index in [1.165, 1.54) is 11.1 Å². The van der Waals surface area contributed by atoms with Crippen molar-refractivity contribution < 1.29 is 0 Å². The molecule has 0 saturated carbocycles. The average molecular weight is 334 g/mol. The number of hydrogen-bond acceptors (Lipinski definition) is 3. The lowest BCUT2D eigenvalue weighted by atomic mass is 10.1. The molecular formula is C16H20BrN3. The van der Waals surface area contributed by atoms with E-state index in [-0.39, 0.29) is 6.04 Å². The summed E-state index contributed by atoms with van der Waals surface area (Å²) in [6, 6.07) is 12.6. The minimum Gasteiger partial charge on any atom is -0.355 e. The lowest BCUT2D eigenvalue weighted by molar-refractivity contribution is 0.735. The first-order chi connectivity index (χ1) is 9.54. The van der Waals surface area contributed by atoms with E-state index in [1.54, 1.807) is 0 Å². The molecule has 1 aromatic heterocycles. The summed E-state index contributed by atoms with van der Waals surface area (Å²) < 4.78 is 1.10. The second-order valence-electron chi connectivity index (χ2n) is 5.19. The molecule has 0 aliphatic carbocycles. The number of benzene rings is 1. The van der Waals surface area contributed by atoms with E-state index < -0.39 is 0 Å². The second-order valence-corrected chi connectivity index (χ2v) is 6.11. The van der Waals surface area contributed by atoms with Crippen LogP contribution in [0.25, 0.3) is 0 Å². The van der Waals surface area contributed by atoms with Crippen LogP contribution in [0, 0.1) is 0 Å². The first kappa shape index (κ1) is 15.0. The van der Waals surface area contributed by atoms with Gasteiger partial charge in [-0.3, -0.25) is 0 Å². The van der Waals surface area contributed by atoms with Crippen molar-refractivity contribution in [3.8, 4) is 0 Å². The molecule has 1 atom stereocenters. The van der Waals surface area contributed by atoms with Crippen molar-refractivity contribution in [3.05, 3.63) is 58.2 Å². The van der Waals surface area contributed by atoms with Gasteiger partial charge >= 0.3 is 0 Å². The van der Waals surface area contributed by atoms with Gasteiger partial charge in [-0.25, -0.2) is 4.98 Å². The fraction of sp³-hybridized carbons (Fsp3) is 0.312. The summed E-state index contributed by atoms with van der Waals surface area (Å²) in [6.45, 7) is 2.84. The van der Waals surface area contributed by atoms with Gasteiger partial charge in [0.25, 0.3) is 0 Å². The predicted octanol–water partition coefficient (Wildman–Crippen LogP) is 3.37. The number of nitrogens with two attached hydrogens (primary N) is 1. The standard InChI is InChI=1S/C16H20BrN3/c1-12(18)8-13-6-7-16(19-10-13)20(2)11-14-4-3-5-15(17)9-14/h3-7,9-10,12H,8,11,18H2,1-2H3. The van der Waals surface area contributed by atoms with Crippen LogP contribution in [0.5, 0.6) is 0 Å². The topological polar surface area (TPSA) is 42.1 Å². The highest BCUT2D eigenvalue weighted by molar-refractivity contribution is 9.10. The van der Waals surface area contributed by atoms with Gasteiger partial charge in [0.2, 0.25) is 0 Å². The molecule has 0 saturated heterocycles. The normalized spacial score (nSPS) is 12.2. The molecule has 0 bridgehead atoms. The van der Waals surface area contributed by atoms with Crippen molar-refractivity contribution in [2.45, 2.75) is 25.9 Å². The van der Waals surface area contributed by atoms with Crippen LogP contribution in [0.2, 0.25) is 0 Å². The summed E-state index contributed by atoms with van der Waals surface area (Å²) in [5.41, 5.74) is 8.23. The minimum atomic E-state index is 0.169. The number of nitrogens with zero attached hydrogens (tertiary/aromatic N) is 2. The first-order valence-corrected chi connectivity index (χ1v) is 7.50. The molecule has 2 aromatic rings. The quantitative estimate of drug-likeness (QED) is 0.912. The fourth-order valence-corrected chi connectivity index (χ4v) is 2.57. The molecule has 0 fully saturated rings. The molecule has 1 heterocycles. The van der Waals surface area contributed by atoms with Crippen molar-refractivity contribution in [1.82, 2.24) is 4.98 Å². The van der Waals surface area contributed by atoms with Crippen LogP contribution in [0.4, 0.5) is 5.82 Å². The van der Waals surface area contributed by atoms with E-state index in [0.29, 0.717) is 0 Å². The highest BCUT2D eigenvalue weighted by atomic mass is 79.9. The van der Waals surface area contributed by atoms with Gasteiger partial charge in [0.05, 0.1) is 0 Å². The smallest absolute Gasteiger partial charge is 0.128 e. The van der Waals surface area contributed by atoms with Gasteiger partial charge in [0.1, 0.15) is 5.82 Å². The van der Waals surface area contributed by atoms with Crippen molar-refractivity contribution in [1.29, 1.82) is 0 Å². The molecular weight excluding hydrogens is 314 g/mol.